The van der Waals surface area contributed by atoms with E-state index in [2.05, 4.69) is 15.3 Å². The Morgan fingerprint density at radius 1 is 1.22 bits per heavy atom. The van der Waals surface area contributed by atoms with Gasteiger partial charge < -0.3 is 10.1 Å². The molecule has 0 aliphatic heterocycles. The smallest absolute Gasteiger partial charge is 0.248 e. The summed E-state index contributed by atoms with van der Waals surface area (Å²) in [5.74, 6) is -2.18. The second-order valence-electron chi connectivity index (χ2n) is 6.76. The lowest BCUT2D eigenvalue weighted by Gasteiger charge is -2.29. The SMILES string of the molecule is Cc1csc2ncnc(Nc3ccc(F)cc3OC3CCC(F)(F)CC3)c12. The van der Waals surface area contributed by atoms with Crippen LogP contribution in [0, 0.1) is 12.7 Å². The molecule has 1 aliphatic carbocycles. The van der Waals surface area contributed by atoms with Gasteiger partial charge in [0.2, 0.25) is 5.92 Å². The number of aromatic nitrogens is 2. The molecule has 0 bridgehead atoms. The predicted molar refractivity (Wildman–Crippen MR) is 99.7 cm³/mol. The number of thiophene rings is 1. The fraction of sp³-hybridized carbons (Fsp3) is 0.368. The van der Waals surface area contributed by atoms with Crippen LogP contribution in [0.4, 0.5) is 24.7 Å². The minimum absolute atomic E-state index is 0.212. The Bertz CT molecular complexity index is 966. The first-order valence-electron chi connectivity index (χ1n) is 8.71. The maximum Gasteiger partial charge on any atom is 0.248 e. The highest BCUT2D eigenvalue weighted by Gasteiger charge is 2.36. The summed E-state index contributed by atoms with van der Waals surface area (Å²) < 4.78 is 46.4. The molecular weight excluding hydrogens is 375 g/mol. The van der Waals surface area contributed by atoms with Gasteiger partial charge >= 0.3 is 0 Å². The zero-order valence-corrected chi connectivity index (χ0v) is 15.5. The van der Waals surface area contributed by atoms with Gasteiger partial charge in [0, 0.05) is 18.9 Å². The first-order chi connectivity index (χ1) is 12.9. The van der Waals surface area contributed by atoms with Gasteiger partial charge in [-0.1, -0.05) is 0 Å². The monoisotopic (exact) mass is 393 g/mol. The van der Waals surface area contributed by atoms with E-state index in [-0.39, 0.29) is 31.8 Å². The zero-order valence-electron chi connectivity index (χ0n) is 14.6. The topological polar surface area (TPSA) is 47.0 Å². The Balaban J connectivity index is 1.61. The molecule has 3 aromatic rings. The van der Waals surface area contributed by atoms with Gasteiger partial charge in [0.1, 0.15) is 28.5 Å². The molecule has 27 heavy (non-hydrogen) atoms. The highest BCUT2D eigenvalue weighted by atomic mass is 32.1. The van der Waals surface area contributed by atoms with Gasteiger partial charge in [-0.05, 0) is 42.8 Å². The van der Waals surface area contributed by atoms with Crippen molar-refractivity contribution in [1.29, 1.82) is 0 Å². The molecular formula is C19H18F3N3OS. The second kappa shape index (κ2) is 6.99. The lowest BCUT2D eigenvalue weighted by molar-refractivity contribution is -0.0581. The largest absolute Gasteiger partial charge is 0.488 e. The summed E-state index contributed by atoms with van der Waals surface area (Å²) in [5, 5.41) is 6.08. The van der Waals surface area contributed by atoms with Crippen molar-refractivity contribution in [2.45, 2.75) is 44.6 Å². The molecule has 4 nitrogen and oxygen atoms in total. The van der Waals surface area contributed by atoms with Crippen molar-refractivity contribution in [3.63, 3.8) is 0 Å². The van der Waals surface area contributed by atoms with Gasteiger partial charge in [-0.25, -0.2) is 23.1 Å². The molecule has 1 aliphatic rings. The minimum atomic E-state index is -2.63. The van der Waals surface area contributed by atoms with Crippen LogP contribution in [0.3, 0.4) is 0 Å². The fourth-order valence-electron chi connectivity index (χ4n) is 3.25. The molecule has 0 radical (unpaired) electrons. The summed E-state index contributed by atoms with van der Waals surface area (Å²) in [4.78, 5) is 9.40. The molecule has 1 aromatic carbocycles. The number of nitrogens with one attached hydrogen (secondary N) is 1. The summed E-state index contributed by atoms with van der Waals surface area (Å²) >= 11 is 1.52. The van der Waals surface area contributed by atoms with Crippen molar-refractivity contribution in [3.05, 3.63) is 41.3 Å². The third-order valence-electron chi connectivity index (χ3n) is 4.71. The van der Waals surface area contributed by atoms with Gasteiger partial charge in [0.25, 0.3) is 0 Å². The van der Waals surface area contributed by atoms with E-state index < -0.39 is 11.7 Å². The van der Waals surface area contributed by atoms with Crippen LogP contribution in [0.15, 0.2) is 29.9 Å². The molecule has 2 heterocycles. The highest BCUT2D eigenvalue weighted by Crippen LogP contribution is 2.38. The molecule has 0 atom stereocenters. The van der Waals surface area contributed by atoms with Crippen molar-refractivity contribution >= 4 is 33.1 Å². The first kappa shape index (κ1) is 18.0. The third-order valence-corrected chi connectivity index (χ3v) is 5.71. The number of fused-ring (bicyclic) bond motifs is 1. The highest BCUT2D eigenvalue weighted by molar-refractivity contribution is 7.17. The van der Waals surface area contributed by atoms with Crippen molar-refractivity contribution in [1.82, 2.24) is 9.97 Å². The van der Waals surface area contributed by atoms with E-state index in [4.69, 9.17) is 4.74 Å². The lowest BCUT2D eigenvalue weighted by Crippen LogP contribution is -2.30. The molecule has 8 heteroatoms. The summed E-state index contributed by atoms with van der Waals surface area (Å²) in [6, 6.07) is 4.16. The maximum absolute atomic E-state index is 13.8. The van der Waals surface area contributed by atoms with Crippen LogP contribution in [0.25, 0.3) is 10.2 Å². The average molecular weight is 393 g/mol. The number of halogens is 3. The Kier molecular flexibility index (Phi) is 4.67. The van der Waals surface area contributed by atoms with Crippen LogP contribution in [-0.2, 0) is 0 Å². The number of alkyl halides is 2. The van der Waals surface area contributed by atoms with Crippen molar-refractivity contribution in [2.24, 2.45) is 0 Å². The number of ether oxygens (including phenoxy) is 1. The minimum Gasteiger partial charge on any atom is -0.488 e. The van der Waals surface area contributed by atoms with E-state index in [1.54, 1.807) is 6.07 Å². The number of nitrogens with zero attached hydrogens (tertiary/aromatic N) is 2. The zero-order chi connectivity index (χ0) is 19.0. The van der Waals surface area contributed by atoms with Gasteiger partial charge in [0.05, 0.1) is 17.2 Å². The van der Waals surface area contributed by atoms with E-state index >= 15 is 0 Å². The quantitative estimate of drug-likeness (QED) is 0.605. The number of aryl methyl sites for hydroxylation is 1. The molecule has 1 saturated carbocycles. The van der Waals surface area contributed by atoms with E-state index in [9.17, 15) is 13.2 Å². The van der Waals surface area contributed by atoms with Crippen molar-refractivity contribution in [3.8, 4) is 5.75 Å². The number of anilines is 2. The molecule has 2 aromatic heterocycles. The van der Waals surface area contributed by atoms with Crippen LogP contribution < -0.4 is 10.1 Å². The maximum atomic E-state index is 13.8. The normalized spacial score (nSPS) is 17.2. The molecule has 142 valence electrons. The number of rotatable bonds is 4. The molecule has 0 spiro atoms. The Morgan fingerprint density at radius 2 is 2.00 bits per heavy atom. The Labute approximate surface area is 158 Å². The van der Waals surface area contributed by atoms with Crippen LogP contribution >= 0.6 is 11.3 Å². The summed E-state index contributed by atoms with van der Waals surface area (Å²) in [5.41, 5.74) is 1.58. The molecule has 1 N–H and O–H groups in total. The summed E-state index contributed by atoms with van der Waals surface area (Å²) in [6.45, 7) is 1.97. The van der Waals surface area contributed by atoms with E-state index in [0.717, 1.165) is 15.8 Å². The molecule has 0 saturated heterocycles. The second-order valence-corrected chi connectivity index (χ2v) is 7.62. The van der Waals surface area contributed by atoms with Crippen molar-refractivity contribution in [2.75, 3.05) is 5.32 Å². The van der Waals surface area contributed by atoms with E-state index in [1.807, 2.05) is 12.3 Å². The molecule has 0 unspecified atom stereocenters. The Morgan fingerprint density at radius 3 is 2.78 bits per heavy atom. The van der Waals surface area contributed by atoms with Crippen LogP contribution in [0.1, 0.15) is 31.2 Å². The molecule has 4 rings (SSSR count). The summed E-state index contributed by atoms with van der Waals surface area (Å²) in [6.07, 6.45) is 1.16. The molecule has 1 fully saturated rings. The standard InChI is InChI=1S/C19H18F3N3OS/c1-11-9-27-18-16(11)17(23-10-24-18)25-14-3-2-12(20)8-15(14)26-13-4-6-19(21,22)7-5-13/h2-3,8-10,13H,4-7H2,1H3,(H,23,24,25). The van der Waals surface area contributed by atoms with Crippen LogP contribution in [-0.4, -0.2) is 22.0 Å². The number of hydrogen-bond donors (Lipinski definition) is 1. The van der Waals surface area contributed by atoms with E-state index in [0.29, 0.717) is 17.3 Å². The van der Waals surface area contributed by atoms with Gasteiger partial charge in [-0.3, -0.25) is 0 Å². The number of benzene rings is 1. The molecule has 0 amide bonds. The van der Waals surface area contributed by atoms with Gasteiger partial charge in [0.15, 0.2) is 0 Å². The lowest BCUT2D eigenvalue weighted by atomic mass is 9.94. The van der Waals surface area contributed by atoms with Crippen LogP contribution in [0.5, 0.6) is 5.75 Å². The average Bonchev–Trinajstić information content (AvgIpc) is 3.01. The third kappa shape index (κ3) is 3.85. The predicted octanol–water partition coefficient (Wildman–Crippen LogP) is 5.84. The Hall–Kier alpha value is -2.35. The van der Waals surface area contributed by atoms with Gasteiger partial charge in [-0.2, -0.15) is 0 Å². The number of hydrogen-bond acceptors (Lipinski definition) is 5. The first-order valence-corrected chi connectivity index (χ1v) is 9.59. The van der Waals surface area contributed by atoms with Crippen LogP contribution in [0.2, 0.25) is 0 Å². The summed E-state index contributed by atoms with van der Waals surface area (Å²) in [7, 11) is 0. The van der Waals surface area contributed by atoms with Gasteiger partial charge in [-0.15, -0.1) is 11.3 Å². The van der Waals surface area contributed by atoms with E-state index in [1.165, 1.54) is 29.8 Å². The van der Waals surface area contributed by atoms with Crippen molar-refractivity contribution < 1.29 is 17.9 Å². The fourth-order valence-corrected chi connectivity index (χ4v) is 4.14.